The lowest BCUT2D eigenvalue weighted by Gasteiger charge is -2.45. The molecule has 0 aliphatic carbocycles. The molecule has 0 aliphatic rings. The van der Waals surface area contributed by atoms with Gasteiger partial charge in [-0.25, -0.2) is 22.0 Å². The van der Waals surface area contributed by atoms with E-state index in [4.69, 9.17) is 5.11 Å². The lowest BCUT2D eigenvalue weighted by molar-refractivity contribution is -0.480. The van der Waals surface area contributed by atoms with Gasteiger partial charge in [0.1, 0.15) is 0 Å². The first-order valence-electron chi connectivity index (χ1n) is 8.63. The van der Waals surface area contributed by atoms with Crippen LogP contribution in [0.15, 0.2) is 0 Å². The molecule has 0 spiro atoms. The summed E-state index contributed by atoms with van der Waals surface area (Å²) in [5.41, 5.74) is 0. The van der Waals surface area contributed by atoms with E-state index in [1.807, 2.05) is 0 Å². The average molecular weight is 664 g/mol. The highest BCUT2D eigenvalue weighted by molar-refractivity contribution is 5.18. The lowest BCUT2D eigenvalue weighted by atomic mass is 9.85. The van der Waals surface area contributed by atoms with Crippen molar-refractivity contribution in [3.8, 4) is 0 Å². The third-order valence-electron chi connectivity index (χ3n) is 4.73. The fourth-order valence-corrected chi connectivity index (χ4v) is 2.25. The van der Waals surface area contributed by atoms with E-state index in [9.17, 15) is 110 Å². The summed E-state index contributed by atoms with van der Waals surface area (Å²) in [7, 11) is 0. The Morgan fingerprint density at radius 2 is 0.550 bits per heavy atom. The second-order valence-corrected chi connectivity index (χ2v) is 7.38. The van der Waals surface area contributed by atoms with E-state index in [-0.39, 0.29) is 0 Å². The molecule has 0 aromatic rings. The van der Waals surface area contributed by atoms with Crippen LogP contribution in [0.2, 0.25) is 0 Å². The van der Waals surface area contributed by atoms with E-state index in [0.29, 0.717) is 0 Å². The molecule has 0 rings (SSSR count). The summed E-state index contributed by atoms with van der Waals surface area (Å²) in [4.78, 5) is 0. The van der Waals surface area contributed by atoms with Crippen LogP contribution in [0.4, 0.5) is 110 Å². The van der Waals surface area contributed by atoms with Crippen molar-refractivity contribution in [2.45, 2.75) is 84.4 Å². The predicted molar refractivity (Wildman–Crippen MR) is 72.4 cm³/mol. The number of halogens is 25. The monoisotopic (exact) mass is 664 g/mol. The van der Waals surface area contributed by atoms with Crippen LogP contribution >= 0.6 is 0 Å². The third kappa shape index (κ3) is 4.75. The van der Waals surface area contributed by atoms with Crippen molar-refractivity contribution in [2.75, 3.05) is 0 Å². The second kappa shape index (κ2) is 9.90. The van der Waals surface area contributed by atoms with E-state index in [1.54, 1.807) is 0 Å². The van der Waals surface area contributed by atoms with Gasteiger partial charge >= 0.3 is 59.4 Å². The molecule has 0 amide bonds. The van der Waals surface area contributed by atoms with Crippen molar-refractivity contribution in [2.24, 2.45) is 0 Å². The Balaban J connectivity index is 7.11. The van der Waals surface area contributed by atoms with Gasteiger partial charge in [-0.1, -0.05) is 0 Å². The van der Waals surface area contributed by atoms with E-state index >= 15 is 0 Å². The Hall–Kier alpha value is -1.79. The minimum absolute atomic E-state index is 4.99. The van der Waals surface area contributed by atoms with Gasteiger partial charge in [-0.05, 0) is 0 Å². The molecule has 0 saturated carbocycles. The van der Waals surface area contributed by atoms with E-state index in [0.717, 1.165) is 0 Å². The summed E-state index contributed by atoms with van der Waals surface area (Å²) in [5.74, 6) is -81.3. The molecule has 242 valence electrons. The molecule has 0 bridgehead atoms. The van der Waals surface area contributed by atoms with Crippen LogP contribution in [-0.4, -0.2) is 89.5 Å². The predicted octanol–water partition coefficient (Wildman–Crippen LogP) is 7.57. The summed E-state index contributed by atoms with van der Waals surface area (Å²) in [6, 6.07) is 0. The van der Waals surface area contributed by atoms with Crippen molar-refractivity contribution in [3.05, 3.63) is 0 Å². The third-order valence-corrected chi connectivity index (χ3v) is 4.73. The van der Waals surface area contributed by atoms with Crippen molar-refractivity contribution < 1.29 is 115 Å². The second-order valence-electron chi connectivity index (χ2n) is 7.38. The number of alkyl halides is 25. The summed E-state index contributed by atoms with van der Waals surface area (Å²) in [6.45, 7) is 0. The van der Waals surface area contributed by atoms with Gasteiger partial charge in [-0.2, -0.15) is 87.8 Å². The minimum Gasteiger partial charge on any atom is -0.331 e. The summed E-state index contributed by atoms with van der Waals surface area (Å²) in [5, 5.41) is 7.45. The van der Waals surface area contributed by atoms with Gasteiger partial charge in [-0.15, -0.1) is 0 Å². The Bertz CT molecular complexity index is 884. The van der Waals surface area contributed by atoms with Crippen LogP contribution in [0, 0.1) is 0 Å². The standard InChI is InChI=1S/C14H5F25O/c15-1(2(16)4(18)19)3(17)5(20,21)6(22,23)7(24,25)8(26,27)9(28,29)10(30,31)11(32,33)12(34,35)13(36,37)14(38,39)40/h1-4,40H. The smallest absolute Gasteiger partial charge is 0.331 e. The van der Waals surface area contributed by atoms with Crippen LogP contribution < -0.4 is 0 Å². The van der Waals surface area contributed by atoms with Gasteiger partial charge in [0.25, 0.3) is 6.43 Å². The largest absolute Gasteiger partial charge is 0.423 e. The summed E-state index contributed by atoms with van der Waals surface area (Å²) < 4.78 is 327. The zero-order valence-electron chi connectivity index (χ0n) is 17.2. The fourth-order valence-electron chi connectivity index (χ4n) is 2.25. The molecule has 40 heavy (non-hydrogen) atoms. The Kier molecular flexibility index (Phi) is 9.45. The molecule has 0 saturated heterocycles. The van der Waals surface area contributed by atoms with Gasteiger partial charge in [0, 0.05) is 0 Å². The van der Waals surface area contributed by atoms with E-state index < -0.39 is 84.4 Å². The maximum absolute atomic E-state index is 13.5. The van der Waals surface area contributed by atoms with Gasteiger partial charge < -0.3 is 5.11 Å². The first-order valence-corrected chi connectivity index (χ1v) is 8.63. The maximum atomic E-state index is 13.5. The van der Waals surface area contributed by atoms with E-state index in [2.05, 4.69) is 0 Å². The van der Waals surface area contributed by atoms with Crippen molar-refractivity contribution in [1.82, 2.24) is 0 Å². The number of aliphatic hydroxyl groups is 1. The minimum atomic E-state index is -9.48. The van der Waals surface area contributed by atoms with Crippen molar-refractivity contribution in [1.29, 1.82) is 0 Å². The molecular formula is C14H5F25O. The van der Waals surface area contributed by atoms with Gasteiger partial charge in [0.2, 0.25) is 6.17 Å². The van der Waals surface area contributed by atoms with Crippen LogP contribution in [0.1, 0.15) is 0 Å². The summed E-state index contributed by atoms with van der Waals surface area (Å²) in [6.07, 6.45) is -29.3. The molecule has 3 unspecified atom stereocenters. The Morgan fingerprint density at radius 1 is 0.325 bits per heavy atom. The molecule has 1 N–H and O–H groups in total. The molecule has 0 aliphatic heterocycles. The molecule has 0 radical (unpaired) electrons. The van der Waals surface area contributed by atoms with Gasteiger partial charge in [-0.3, -0.25) is 0 Å². The van der Waals surface area contributed by atoms with Crippen LogP contribution in [0.25, 0.3) is 0 Å². The molecular weight excluding hydrogens is 659 g/mol. The van der Waals surface area contributed by atoms with Crippen LogP contribution in [0.3, 0.4) is 0 Å². The lowest BCUT2D eigenvalue weighted by Crippen LogP contribution is -2.77. The highest BCUT2D eigenvalue weighted by atomic mass is 19.4. The van der Waals surface area contributed by atoms with Crippen molar-refractivity contribution in [3.63, 3.8) is 0 Å². The first-order chi connectivity index (χ1) is 16.9. The Morgan fingerprint density at radius 3 is 0.775 bits per heavy atom. The highest BCUT2D eigenvalue weighted by Crippen LogP contribution is 2.66. The number of hydrogen-bond acceptors (Lipinski definition) is 1. The van der Waals surface area contributed by atoms with Crippen molar-refractivity contribution >= 4 is 0 Å². The molecule has 1 nitrogen and oxygen atoms in total. The zero-order valence-corrected chi connectivity index (χ0v) is 17.2. The number of hydrogen-bond donors (Lipinski definition) is 1. The fraction of sp³-hybridized carbons (Fsp3) is 1.00. The van der Waals surface area contributed by atoms with Crippen LogP contribution in [0.5, 0.6) is 0 Å². The van der Waals surface area contributed by atoms with E-state index in [1.165, 1.54) is 0 Å². The molecule has 26 heteroatoms. The maximum Gasteiger partial charge on any atom is 0.423 e. The molecule has 0 aromatic heterocycles. The molecule has 3 atom stereocenters. The van der Waals surface area contributed by atoms with Gasteiger partial charge in [0.05, 0.1) is 0 Å². The average Bonchev–Trinajstić information content (AvgIpc) is 2.75. The van der Waals surface area contributed by atoms with Gasteiger partial charge in [0.15, 0.2) is 12.3 Å². The molecule has 0 fully saturated rings. The normalized spacial score (nSPS) is 18.7. The number of rotatable bonds is 13. The highest BCUT2D eigenvalue weighted by Gasteiger charge is 2.98. The topological polar surface area (TPSA) is 20.2 Å². The SMILES string of the molecule is OC(F)(F)C(F)(F)C(F)(F)C(F)(F)C(F)(F)C(F)(F)C(F)(F)C(F)(F)C(F)(F)C(F)(F)C(F)C(F)C(F)C(F)F. The zero-order chi connectivity index (χ0) is 33.3. The Labute approximate surface area is 200 Å². The van der Waals surface area contributed by atoms with Crippen LogP contribution in [-0.2, 0) is 0 Å². The first kappa shape index (κ1) is 38.2. The molecule has 0 heterocycles. The molecule has 0 aromatic carbocycles. The summed E-state index contributed by atoms with van der Waals surface area (Å²) >= 11 is 0. The quantitative estimate of drug-likeness (QED) is 0.202.